The fourth-order valence-corrected chi connectivity index (χ4v) is 0.348. The molecule has 1 radical (unpaired) electrons. The molecule has 0 atom stereocenters. The van der Waals surface area contributed by atoms with Gasteiger partial charge in [0.15, 0.2) is 0 Å². The smallest absolute Gasteiger partial charge is 0.343 e. The van der Waals surface area contributed by atoms with E-state index in [0.717, 1.165) is 6.42 Å². The van der Waals surface area contributed by atoms with Crippen LogP contribution >= 0.6 is 0 Å². The SMILES string of the molecule is [CH2-]CCC[CH-]C.[Nb+2]. The monoisotopic (exact) mass is 177 g/mol. The molecule has 0 aromatic rings. The number of rotatable bonds is 3. The molecule has 0 rings (SSSR count). The summed E-state index contributed by atoms with van der Waals surface area (Å²) >= 11 is 0. The number of unbranched alkanes of at least 4 members (excludes halogenated alkanes) is 3. The summed E-state index contributed by atoms with van der Waals surface area (Å²) in [7, 11) is 0. The molecule has 0 N–H and O–H groups in total. The van der Waals surface area contributed by atoms with Crippen LogP contribution in [0.5, 0.6) is 0 Å². The molecule has 0 amide bonds. The van der Waals surface area contributed by atoms with Crippen LogP contribution in [-0.4, -0.2) is 0 Å². The minimum atomic E-state index is 0. The first-order chi connectivity index (χ1) is 2.91. The Hall–Kier alpha value is 0.740. The third-order valence-electron chi connectivity index (χ3n) is 0.743. The van der Waals surface area contributed by atoms with Gasteiger partial charge in [0, 0.05) is 0 Å². The zero-order chi connectivity index (χ0) is 4.83. The maximum Gasteiger partial charge on any atom is 2.00 e. The Bertz CT molecular complexity index is 16.1. The molecule has 0 nitrogen and oxygen atoms in total. The summed E-state index contributed by atoms with van der Waals surface area (Å²) in [5.74, 6) is 0. The van der Waals surface area contributed by atoms with Crippen molar-refractivity contribution >= 4 is 0 Å². The zero-order valence-corrected chi connectivity index (χ0v) is 7.05. The maximum absolute atomic E-state index is 3.70. The molecule has 0 bridgehead atoms. The Morgan fingerprint density at radius 1 is 1.57 bits per heavy atom. The predicted octanol–water partition coefficient (Wildman–Crippen LogP) is 2.21. The number of hydrogen-bond acceptors (Lipinski definition) is 0. The van der Waals surface area contributed by atoms with Crippen LogP contribution in [-0.2, 0) is 22.4 Å². The largest absolute Gasteiger partial charge is 2.00 e. The summed E-state index contributed by atoms with van der Waals surface area (Å²) < 4.78 is 0. The van der Waals surface area contributed by atoms with Crippen molar-refractivity contribution in [2.75, 3.05) is 0 Å². The molecule has 0 saturated heterocycles. The van der Waals surface area contributed by atoms with Crippen LogP contribution in [0.1, 0.15) is 26.2 Å². The van der Waals surface area contributed by atoms with Gasteiger partial charge in [0.2, 0.25) is 0 Å². The minimum absolute atomic E-state index is 0. The van der Waals surface area contributed by atoms with Crippen molar-refractivity contribution < 1.29 is 22.4 Å². The average Bonchev–Trinajstić information content (AvgIpc) is 1.61. The molecular weight excluding hydrogens is 165 g/mol. The molecule has 7 heavy (non-hydrogen) atoms. The molecular formula is C6H12Nb. The second-order valence-corrected chi connectivity index (χ2v) is 1.40. The molecule has 0 aliphatic carbocycles. The van der Waals surface area contributed by atoms with Gasteiger partial charge in [-0.15, -0.1) is 6.42 Å². The summed E-state index contributed by atoms with van der Waals surface area (Å²) in [5.41, 5.74) is 0. The summed E-state index contributed by atoms with van der Waals surface area (Å²) in [6.07, 6.45) is 5.72. The van der Waals surface area contributed by atoms with Gasteiger partial charge in [-0.05, 0) is 0 Å². The molecule has 0 saturated carbocycles. The molecule has 0 heterocycles. The maximum atomic E-state index is 3.70. The molecule has 0 fully saturated rings. The average molecular weight is 177 g/mol. The van der Waals surface area contributed by atoms with Crippen LogP contribution in [0.3, 0.4) is 0 Å². The van der Waals surface area contributed by atoms with Crippen LogP contribution < -0.4 is 0 Å². The van der Waals surface area contributed by atoms with E-state index in [4.69, 9.17) is 0 Å². The normalized spacial score (nSPS) is 7.71. The van der Waals surface area contributed by atoms with Gasteiger partial charge in [-0.1, -0.05) is 0 Å². The predicted molar refractivity (Wildman–Crippen MR) is 29.2 cm³/mol. The Morgan fingerprint density at radius 2 is 2.14 bits per heavy atom. The summed E-state index contributed by atoms with van der Waals surface area (Å²) in [4.78, 5) is 0. The van der Waals surface area contributed by atoms with Gasteiger partial charge >= 0.3 is 22.4 Å². The van der Waals surface area contributed by atoms with Gasteiger partial charge in [-0.25, -0.2) is 0 Å². The van der Waals surface area contributed by atoms with Crippen molar-refractivity contribution in [3.63, 3.8) is 0 Å². The van der Waals surface area contributed by atoms with Crippen molar-refractivity contribution in [2.45, 2.75) is 26.2 Å². The van der Waals surface area contributed by atoms with Crippen LogP contribution in [0, 0.1) is 13.3 Å². The summed E-state index contributed by atoms with van der Waals surface area (Å²) in [6, 6.07) is 0. The van der Waals surface area contributed by atoms with E-state index in [2.05, 4.69) is 20.3 Å². The second-order valence-electron chi connectivity index (χ2n) is 1.40. The molecule has 0 aliphatic rings. The standard InChI is InChI=1S/C6H12.Nb/c1-3-5-6-4-2;/h4H,1,3,5-6H2,2H3;/q-2;+2. The van der Waals surface area contributed by atoms with E-state index in [1.54, 1.807) is 0 Å². The van der Waals surface area contributed by atoms with Crippen molar-refractivity contribution in [1.29, 1.82) is 0 Å². The van der Waals surface area contributed by atoms with Gasteiger partial charge in [-0.3, -0.25) is 0 Å². The van der Waals surface area contributed by atoms with Gasteiger partial charge < -0.3 is 13.3 Å². The minimum Gasteiger partial charge on any atom is -0.343 e. The summed E-state index contributed by atoms with van der Waals surface area (Å²) in [5, 5.41) is 0. The first kappa shape index (κ1) is 10.7. The van der Waals surface area contributed by atoms with Crippen LogP contribution in [0.4, 0.5) is 0 Å². The first-order valence-corrected chi connectivity index (χ1v) is 2.49. The molecule has 41 valence electrons. The van der Waals surface area contributed by atoms with Crippen LogP contribution in [0.2, 0.25) is 0 Å². The van der Waals surface area contributed by atoms with E-state index in [-0.39, 0.29) is 22.4 Å². The van der Waals surface area contributed by atoms with Gasteiger partial charge in [0.05, 0.1) is 0 Å². The van der Waals surface area contributed by atoms with Crippen molar-refractivity contribution in [3.8, 4) is 0 Å². The van der Waals surface area contributed by atoms with Crippen molar-refractivity contribution in [3.05, 3.63) is 13.3 Å². The molecule has 0 unspecified atom stereocenters. The molecule has 0 spiro atoms. The zero-order valence-electron chi connectivity index (χ0n) is 4.85. The van der Waals surface area contributed by atoms with Gasteiger partial charge in [-0.2, -0.15) is 19.8 Å². The van der Waals surface area contributed by atoms with Gasteiger partial charge in [0.25, 0.3) is 0 Å². The fraction of sp³-hybridized carbons (Fsp3) is 0.667. The van der Waals surface area contributed by atoms with E-state index in [9.17, 15) is 0 Å². The summed E-state index contributed by atoms with van der Waals surface area (Å²) in [6.45, 7) is 5.78. The quantitative estimate of drug-likeness (QED) is 0.352. The Labute approximate surface area is 62.2 Å². The van der Waals surface area contributed by atoms with E-state index < -0.39 is 0 Å². The van der Waals surface area contributed by atoms with Crippen molar-refractivity contribution in [2.24, 2.45) is 0 Å². The molecule has 1 heteroatoms. The third-order valence-corrected chi connectivity index (χ3v) is 0.743. The molecule has 0 aromatic heterocycles. The Kier molecular flexibility index (Phi) is 15.1. The van der Waals surface area contributed by atoms with E-state index in [1.807, 2.05) is 0 Å². The van der Waals surface area contributed by atoms with Crippen LogP contribution in [0.25, 0.3) is 0 Å². The Morgan fingerprint density at radius 3 is 2.29 bits per heavy atom. The van der Waals surface area contributed by atoms with E-state index >= 15 is 0 Å². The van der Waals surface area contributed by atoms with E-state index in [1.165, 1.54) is 12.8 Å². The fourth-order valence-electron chi connectivity index (χ4n) is 0.348. The second kappa shape index (κ2) is 9.88. The Balaban J connectivity index is 0. The topological polar surface area (TPSA) is 0 Å². The molecule has 0 aromatic carbocycles. The first-order valence-electron chi connectivity index (χ1n) is 2.49. The number of hydrogen-bond donors (Lipinski definition) is 0. The van der Waals surface area contributed by atoms with E-state index in [0.29, 0.717) is 0 Å². The third kappa shape index (κ3) is 10.8. The van der Waals surface area contributed by atoms with Crippen molar-refractivity contribution in [1.82, 2.24) is 0 Å². The van der Waals surface area contributed by atoms with Crippen LogP contribution in [0.15, 0.2) is 0 Å². The molecule has 0 aliphatic heterocycles. The van der Waals surface area contributed by atoms with Gasteiger partial charge in [0.1, 0.15) is 0 Å².